The van der Waals surface area contributed by atoms with Gasteiger partial charge in [0.15, 0.2) is 0 Å². The van der Waals surface area contributed by atoms with Crippen LogP contribution in [0.5, 0.6) is 0 Å². The molecule has 0 spiro atoms. The predicted octanol–water partition coefficient (Wildman–Crippen LogP) is 1.29. The van der Waals surface area contributed by atoms with Crippen LogP contribution in [0.3, 0.4) is 0 Å². The van der Waals surface area contributed by atoms with Crippen LogP contribution in [0, 0.1) is 0 Å². The summed E-state index contributed by atoms with van der Waals surface area (Å²) in [5.41, 5.74) is 0. The molecule has 0 aromatic heterocycles. The predicted molar refractivity (Wildman–Crippen MR) is 33.5 cm³/mol. The van der Waals surface area contributed by atoms with Gasteiger partial charge in [-0.15, -0.1) is 0 Å². The van der Waals surface area contributed by atoms with E-state index in [4.69, 9.17) is 0 Å². The lowest BCUT2D eigenvalue weighted by atomic mass is 10.8. The van der Waals surface area contributed by atoms with E-state index in [0.29, 0.717) is 5.75 Å². The maximum atomic E-state index is 10.5. The molecular weight excluding hydrogens is 108 g/mol. The topological polar surface area (TPSA) is 17.1 Å². The monoisotopic (exact) mass is 118 g/mol. The fourth-order valence-corrected chi connectivity index (χ4v) is 0.739. The molecule has 0 amide bonds. The molecule has 42 valence electrons. The zero-order valence-corrected chi connectivity index (χ0v) is 5.55. The fourth-order valence-electron chi connectivity index (χ4n) is 0.246. The number of hydrogen-bond acceptors (Lipinski definition) is 1. The van der Waals surface area contributed by atoms with Crippen molar-refractivity contribution in [2.75, 3.05) is 5.75 Å². The summed E-state index contributed by atoms with van der Waals surface area (Å²) in [5, 5.41) is 0. The summed E-state index contributed by atoms with van der Waals surface area (Å²) < 4.78 is 10.5. The molecule has 0 saturated carbocycles. The van der Waals surface area contributed by atoms with Crippen molar-refractivity contribution >= 4 is 10.8 Å². The zero-order chi connectivity index (χ0) is 5.86. The average Bonchev–Trinajstić information content (AvgIpc) is 1.65. The van der Waals surface area contributed by atoms with Crippen molar-refractivity contribution in [2.45, 2.75) is 13.8 Å². The Morgan fingerprint density at radius 3 is 2.29 bits per heavy atom. The first-order valence-electron chi connectivity index (χ1n) is 2.22. The molecule has 0 bridgehead atoms. The second-order valence-corrected chi connectivity index (χ2v) is 3.30. The summed E-state index contributed by atoms with van der Waals surface area (Å²) in [6, 6.07) is 0. The first kappa shape index (κ1) is 6.89. The van der Waals surface area contributed by atoms with Gasteiger partial charge in [-0.05, 0) is 6.92 Å². The SMILES string of the molecule is C=C(C)S(=O)CC. The van der Waals surface area contributed by atoms with Gasteiger partial charge < -0.3 is 0 Å². The van der Waals surface area contributed by atoms with E-state index in [1.54, 1.807) is 6.92 Å². The second kappa shape index (κ2) is 2.97. The molecule has 1 unspecified atom stereocenters. The largest absolute Gasteiger partial charge is 0.255 e. The molecule has 2 heteroatoms. The third kappa shape index (κ3) is 2.57. The first-order chi connectivity index (χ1) is 3.18. The van der Waals surface area contributed by atoms with E-state index in [9.17, 15) is 4.21 Å². The first-order valence-corrected chi connectivity index (χ1v) is 3.54. The van der Waals surface area contributed by atoms with Crippen LogP contribution in [-0.2, 0) is 10.8 Å². The van der Waals surface area contributed by atoms with Crippen molar-refractivity contribution in [3.8, 4) is 0 Å². The summed E-state index contributed by atoms with van der Waals surface area (Å²) in [6.45, 7) is 7.18. The molecule has 1 atom stereocenters. The molecule has 0 aliphatic carbocycles. The van der Waals surface area contributed by atoms with E-state index < -0.39 is 10.8 Å². The lowest BCUT2D eigenvalue weighted by Crippen LogP contribution is -1.90. The van der Waals surface area contributed by atoms with Crippen molar-refractivity contribution in [3.05, 3.63) is 11.5 Å². The highest BCUT2D eigenvalue weighted by atomic mass is 32.2. The van der Waals surface area contributed by atoms with Crippen LogP contribution in [0.4, 0.5) is 0 Å². The quantitative estimate of drug-likeness (QED) is 0.534. The molecule has 0 radical (unpaired) electrons. The maximum Gasteiger partial charge on any atom is 0.0476 e. The van der Waals surface area contributed by atoms with E-state index in [-0.39, 0.29) is 0 Å². The molecule has 0 N–H and O–H groups in total. The Hall–Kier alpha value is -0.110. The van der Waals surface area contributed by atoms with Gasteiger partial charge in [-0.2, -0.15) is 0 Å². The highest BCUT2D eigenvalue weighted by Gasteiger charge is 1.90. The van der Waals surface area contributed by atoms with Gasteiger partial charge in [0.2, 0.25) is 0 Å². The Labute approximate surface area is 46.9 Å². The second-order valence-electron chi connectivity index (χ2n) is 1.34. The van der Waals surface area contributed by atoms with Crippen LogP contribution in [0.15, 0.2) is 11.5 Å². The zero-order valence-electron chi connectivity index (χ0n) is 4.73. The van der Waals surface area contributed by atoms with Gasteiger partial charge >= 0.3 is 0 Å². The Bertz CT molecular complexity index is 96.3. The minimum atomic E-state index is -0.773. The van der Waals surface area contributed by atoms with Gasteiger partial charge in [0, 0.05) is 21.5 Å². The standard InChI is InChI=1S/C5H10OS/c1-4-7(6)5(2)3/h2,4H2,1,3H3. The highest BCUT2D eigenvalue weighted by Crippen LogP contribution is 1.93. The molecule has 0 aromatic carbocycles. The van der Waals surface area contributed by atoms with Crippen LogP contribution in [-0.4, -0.2) is 9.96 Å². The Balaban J connectivity index is 3.58. The van der Waals surface area contributed by atoms with Crippen molar-refractivity contribution < 1.29 is 4.21 Å². The van der Waals surface area contributed by atoms with Crippen LogP contribution in [0.1, 0.15) is 13.8 Å². The van der Waals surface area contributed by atoms with E-state index in [1.165, 1.54) is 0 Å². The number of allylic oxidation sites excluding steroid dienone is 1. The van der Waals surface area contributed by atoms with Gasteiger partial charge in [-0.25, -0.2) is 0 Å². The van der Waals surface area contributed by atoms with Gasteiger partial charge in [-0.1, -0.05) is 13.5 Å². The lowest BCUT2D eigenvalue weighted by Gasteiger charge is -1.90. The summed E-state index contributed by atoms with van der Waals surface area (Å²) in [5.74, 6) is 0.690. The molecule has 0 saturated heterocycles. The van der Waals surface area contributed by atoms with E-state index in [1.807, 2.05) is 6.92 Å². The minimum absolute atomic E-state index is 0.690. The number of rotatable bonds is 2. The summed E-state index contributed by atoms with van der Waals surface area (Å²) in [6.07, 6.45) is 0. The summed E-state index contributed by atoms with van der Waals surface area (Å²) >= 11 is 0. The third-order valence-electron chi connectivity index (χ3n) is 0.651. The molecule has 0 rings (SSSR count). The smallest absolute Gasteiger partial charge is 0.0476 e. The Morgan fingerprint density at radius 2 is 2.29 bits per heavy atom. The number of hydrogen-bond donors (Lipinski definition) is 0. The fraction of sp³-hybridized carbons (Fsp3) is 0.600. The molecule has 0 aliphatic rings. The van der Waals surface area contributed by atoms with Crippen LogP contribution < -0.4 is 0 Å². The van der Waals surface area contributed by atoms with Crippen LogP contribution in [0.25, 0.3) is 0 Å². The molecule has 0 fully saturated rings. The molecule has 1 nitrogen and oxygen atoms in total. The van der Waals surface area contributed by atoms with Gasteiger partial charge in [-0.3, -0.25) is 4.21 Å². The minimum Gasteiger partial charge on any atom is -0.255 e. The summed E-state index contributed by atoms with van der Waals surface area (Å²) in [7, 11) is -0.773. The third-order valence-corrected chi connectivity index (χ3v) is 1.95. The van der Waals surface area contributed by atoms with E-state index in [0.717, 1.165) is 4.91 Å². The van der Waals surface area contributed by atoms with Gasteiger partial charge in [0.25, 0.3) is 0 Å². The Kier molecular flexibility index (Phi) is 2.92. The van der Waals surface area contributed by atoms with Crippen LogP contribution in [0.2, 0.25) is 0 Å². The lowest BCUT2D eigenvalue weighted by molar-refractivity contribution is 0.687. The molecular formula is C5H10OS. The van der Waals surface area contributed by atoms with E-state index in [2.05, 4.69) is 6.58 Å². The van der Waals surface area contributed by atoms with Crippen molar-refractivity contribution in [2.24, 2.45) is 0 Å². The Morgan fingerprint density at radius 1 is 1.86 bits per heavy atom. The van der Waals surface area contributed by atoms with Crippen LogP contribution >= 0.6 is 0 Å². The molecule has 0 aliphatic heterocycles. The van der Waals surface area contributed by atoms with E-state index >= 15 is 0 Å². The molecule has 0 aromatic rings. The molecule has 0 heterocycles. The van der Waals surface area contributed by atoms with Gasteiger partial charge in [0.05, 0.1) is 0 Å². The van der Waals surface area contributed by atoms with Gasteiger partial charge in [0.1, 0.15) is 0 Å². The maximum absolute atomic E-state index is 10.5. The summed E-state index contributed by atoms with van der Waals surface area (Å²) in [4.78, 5) is 0.766. The normalized spacial score (nSPS) is 13.4. The highest BCUT2D eigenvalue weighted by molar-refractivity contribution is 7.88. The van der Waals surface area contributed by atoms with Crippen molar-refractivity contribution in [1.82, 2.24) is 0 Å². The van der Waals surface area contributed by atoms with Crippen molar-refractivity contribution in [1.29, 1.82) is 0 Å². The molecule has 7 heavy (non-hydrogen) atoms. The van der Waals surface area contributed by atoms with Crippen molar-refractivity contribution in [3.63, 3.8) is 0 Å². The average molecular weight is 118 g/mol.